The van der Waals surface area contributed by atoms with E-state index in [9.17, 15) is 4.79 Å². The van der Waals surface area contributed by atoms with Gasteiger partial charge in [0.05, 0.1) is 12.0 Å². The predicted molar refractivity (Wildman–Crippen MR) is 85.8 cm³/mol. The van der Waals surface area contributed by atoms with Gasteiger partial charge in [-0.05, 0) is 61.5 Å². The Kier molecular flexibility index (Phi) is 4.65. The molecule has 2 aliphatic carbocycles. The lowest BCUT2D eigenvalue weighted by molar-refractivity contribution is -0.140. The van der Waals surface area contributed by atoms with Crippen LogP contribution < -0.4 is 5.32 Å². The Bertz CT molecular complexity index is 505. The van der Waals surface area contributed by atoms with E-state index in [1.807, 2.05) is 11.3 Å². The highest BCUT2D eigenvalue weighted by atomic mass is 32.1. The van der Waals surface area contributed by atoms with E-state index in [0.717, 1.165) is 32.2 Å². The molecule has 1 fully saturated rings. The van der Waals surface area contributed by atoms with Crippen molar-refractivity contribution in [3.05, 3.63) is 21.4 Å². The SMILES string of the molecule is COCC1(C(=O)NCCc2csc3c2CCCC3)CCC1. The Morgan fingerprint density at radius 3 is 2.86 bits per heavy atom. The van der Waals surface area contributed by atoms with Crippen molar-refractivity contribution in [2.24, 2.45) is 5.41 Å². The van der Waals surface area contributed by atoms with Crippen LogP contribution in [-0.2, 0) is 28.8 Å². The molecule has 1 heterocycles. The Morgan fingerprint density at radius 1 is 1.33 bits per heavy atom. The second-order valence-electron chi connectivity index (χ2n) is 6.44. The molecule has 3 nitrogen and oxygen atoms in total. The molecule has 0 atom stereocenters. The minimum absolute atomic E-state index is 0.194. The van der Waals surface area contributed by atoms with Gasteiger partial charge in [0.15, 0.2) is 0 Å². The molecule has 1 aromatic rings. The Hall–Kier alpha value is -0.870. The first-order valence-electron chi connectivity index (χ1n) is 8.10. The fourth-order valence-electron chi connectivity index (χ4n) is 3.59. The third-order valence-corrected chi connectivity index (χ3v) is 6.18. The normalized spacial score (nSPS) is 19.7. The molecule has 1 aromatic heterocycles. The zero-order valence-electron chi connectivity index (χ0n) is 12.9. The van der Waals surface area contributed by atoms with Crippen molar-refractivity contribution in [2.45, 2.75) is 51.4 Å². The van der Waals surface area contributed by atoms with Crippen LogP contribution in [0.2, 0.25) is 0 Å². The highest BCUT2D eigenvalue weighted by molar-refractivity contribution is 7.10. The van der Waals surface area contributed by atoms with E-state index < -0.39 is 0 Å². The van der Waals surface area contributed by atoms with Crippen molar-refractivity contribution in [1.29, 1.82) is 0 Å². The lowest BCUT2D eigenvalue weighted by atomic mass is 9.68. The first kappa shape index (κ1) is 15.0. The molecule has 1 N–H and O–H groups in total. The largest absolute Gasteiger partial charge is 0.384 e. The van der Waals surface area contributed by atoms with Crippen LogP contribution in [0.1, 0.15) is 48.1 Å². The summed E-state index contributed by atoms with van der Waals surface area (Å²) in [7, 11) is 1.69. The second kappa shape index (κ2) is 6.49. The maximum atomic E-state index is 12.4. The van der Waals surface area contributed by atoms with Crippen LogP contribution in [0.3, 0.4) is 0 Å². The average molecular weight is 307 g/mol. The fourth-order valence-corrected chi connectivity index (χ4v) is 4.77. The number of carbonyl (C=O) groups excluding carboxylic acids is 1. The summed E-state index contributed by atoms with van der Waals surface area (Å²) in [4.78, 5) is 13.9. The number of rotatable bonds is 6. The first-order valence-corrected chi connectivity index (χ1v) is 8.98. The molecule has 0 radical (unpaired) electrons. The molecule has 0 spiro atoms. The van der Waals surface area contributed by atoms with Crippen molar-refractivity contribution in [3.8, 4) is 0 Å². The number of fused-ring (bicyclic) bond motifs is 1. The highest BCUT2D eigenvalue weighted by Gasteiger charge is 2.43. The summed E-state index contributed by atoms with van der Waals surface area (Å²) in [5, 5.41) is 5.44. The van der Waals surface area contributed by atoms with E-state index in [2.05, 4.69) is 10.7 Å². The van der Waals surface area contributed by atoms with Gasteiger partial charge in [-0.25, -0.2) is 0 Å². The van der Waals surface area contributed by atoms with Crippen LogP contribution in [0, 0.1) is 5.41 Å². The van der Waals surface area contributed by atoms with Gasteiger partial charge in [0.2, 0.25) is 5.91 Å². The van der Waals surface area contributed by atoms with E-state index in [1.54, 1.807) is 17.6 Å². The number of hydrogen-bond acceptors (Lipinski definition) is 3. The average Bonchev–Trinajstić information content (AvgIpc) is 2.86. The van der Waals surface area contributed by atoms with Gasteiger partial charge in [-0.2, -0.15) is 0 Å². The van der Waals surface area contributed by atoms with E-state index in [0.29, 0.717) is 6.61 Å². The van der Waals surface area contributed by atoms with Gasteiger partial charge < -0.3 is 10.1 Å². The molecule has 0 aliphatic heterocycles. The van der Waals surface area contributed by atoms with E-state index in [-0.39, 0.29) is 11.3 Å². The van der Waals surface area contributed by atoms with Crippen molar-refractivity contribution in [3.63, 3.8) is 0 Å². The third-order valence-electron chi connectivity index (χ3n) is 5.04. The van der Waals surface area contributed by atoms with Gasteiger partial charge in [0.25, 0.3) is 0 Å². The number of thiophene rings is 1. The van der Waals surface area contributed by atoms with Crippen molar-refractivity contribution in [1.82, 2.24) is 5.32 Å². The molecule has 116 valence electrons. The van der Waals surface area contributed by atoms with Crippen LogP contribution in [0.15, 0.2) is 5.38 Å². The van der Waals surface area contributed by atoms with Crippen molar-refractivity contribution < 1.29 is 9.53 Å². The minimum atomic E-state index is -0.233. The van der Waals surface area contributed by atoms with Crippen molar-refractivity contribution in [2.75, 3.05) is 20.3 Å². The number of hydrogen-bond donors (Lipinski definition) is 1. The third kappa shape index (κ3) is 3.02. The Labute approximate surface area is 131 Å². The molecule has 4 heteroatoms. The molecule has 0 bridgehead atoms. The minimum Gasteiger partial charge on any atom is -0.384 e. The van der Waals surface area contributed by atoms with Gasteiger partial charge >= 0.3 is 0 Å². The Morgan fingerprint density at radius 2 is 2.14 bits per heavy atom. The lowest BCUT2D eigenvalue weighted by Gasteiger charge is -2.39. The molecular formula is C17H25NO2S. The van der Waals surface area contributed by atoms with E-state index in [4.69, 9.17) is 4.74 Å². The molecule has 2 aliphatic rings. The van der Waals surface area contributed by atoms with Crippen LogP contribution in [0.25, 0.3) is 0 Å². The summed E-state index contributed by atoms with van der Waals surface area (Å²) in [6.07, 6.45) is 9.21. The molecule has 0 aromatic carbocycles. The molecule has 1 amide bonds. The number of ether oxygens (including phenoxy) is 1. The number of nitrogens with one attached hydrogen (secondary N) is 1. The first-order chi connectivity index (χ1) is 10.2. The van der Waals surface area contributed by atoms with Gasteiger partial charge in [-0.3, -0.25) is 4.79 Å². The summed E-state index contributed by atoms with van der Waals surface area (Å²) < 4.78 is 5.24. The maximum Gasteiger partial charge on any atom is 0.228 e. The summed E-state index contributed by atoms with van der Waals surface area (Å²) in [6.45, 7) is 1.32. The maximum absolute atomic E-state index is 12.4. The van der Waals surface area contributed by atoms with Crippen molar-refractivity contribution >= 4 is 17.2 Å². The molecule has 1 saturated carbocycles. The summed E-state index contributed by atoms with van der Waals surface area (Å²) in [5.41, 5.74) is 2.81. The lowest BCUT2D eigenvalue weighted by Crippen LogP contribution is -2.49. The fraction of sp³-hybridized carbons (Fsp3) is 0.706. The summed E-state index contributed by atoms with van der Waals surface area (Å²) in [5.74, 6) is 0.194. The topological polar surface area (TPSA) is 38.3 Å². The zero-order chi connectivity index (χ0) is 14.7. The quantitative estimate of drug-likeness (QED) is 0.877. The molecule has 0 unspecified atom stereocenters. The summed E-state index contributed by atoms with van der Waals surface area (Å²) >= 11 is 1.91. The zero-order valence-corrected chi connectivity index (χ0v) is 13.7. The monoisotopic (exact) mass is 307 g/mol. The van der Waals surface area contributed by atoms with Crippen LogP contribution in [-0.4, -0.2) is 26.2 Å². The molecular weight excluding hydrogens is 282 g/mol. The van der Waals surface area contributed by atoms with Gasteiger partial charge in [0.1, 0.15) is 0 Å². The van der Waals surface area contributed by atoms with Gasteiger partial charge in [0, 0.05) is 18.5 Å². The van der Waals surface area contributed by atoms with E-state index >= 15 is 0 Å². The standard InChI is InChI=1S/C17H25NO2S/c1-20-12-17(8-4-9-17)16(19)18-10-7-13-11-21-15-6-3-2-5-14(13)15/h11H,2-10,12H2,1H3,(H,18,19). The van der Waals surface area contributed by atoms with Crippen LogP contribution in [0.5, 0.6) is 0 Å². The summed E-state index contributed by atoms with van der Waals surface area (Å²) in [6, 6.07) is 0. The molecule has 0 saturated heterocycles. The van der Waals surface area contributed by atoms with Gasteiger partial charge in [-0.1, -0.05) is 6.42 Å². The highest BCUT2D eigenvalue weighted by Crippen LogP contribution is 2.41. The predicted octanol–water partition coefficient (Wildman–Crippen LogP) is 3.10. The van der Waals surface area contributed by atoms with Crippen LogP contribution in [0.4, 0.5) is 0 Å². The van der Waals surface area contributed by atoms with Crippen LogP contribution >= 0.6 is 11.3 Å². The molecule has 3 rings (SSSR count). The molecule has 21 heavy (non-hydrogen) atoms. The van der Waals surface area contributed by atoms with E-state index in [1.165, 1.54) is 31.2 Å². The second-order valence-corrected chi connectivity index (χ2v) is 7.41. The smallest absolute Gasteiger partial charge is 0.228 e. The number of methoxy groups -OCH3 is 1. The number of carbonyl (C=O) groups is 1. The number of amides is 1. The number of aryl methyl sites for hydroxylation is 1. The Balaban J connectivity index is 1.52. The van der Waals surface area contributed by atoms with Gasteiger partial charge in [-0.15, -0.1) is 11.3 Å².